The molecule has 1 amide bonds. The summed E-state index contributed by atoms with van der Waals surface area (Å²) in [6.07, 6.45) is 6.07. The number of nitrogens with zero attached hydrogens (tertiary/aromatic N) is 2. The third-order valence-electron chi connectivity index (χ3n) is 7.53. The average molecular weight is 396 g/mol. The zero-order valence-corrected chi connectivity index (χ0v) is 16.3. The molecule has 0 unspecified atom stereocenters. The van der Waals surface area contributed by atoms with Gasteiger partial charge in [-0.1, -0.05) is 12.1 Å². The van der Waals surface area contributed by atoms with E-state index in [1.165, 1.54) is 32.3 Å². The highest BCUT2D eigenvalue weighted by atomic mass is 16.6. The summed E-state index contributed by atoms with van der Waals surface area (Å²) in [6, 6.07) is 5.34. The number of ketones is 1. The van der Waals surface area contributed by atoms with E-state index in [9.17, 15) is 24.8 Å². The Kier molecular flexibility index (Phi) is 3.89. The molecule has 6 rings (SSSR count). The third kappa shape index (κ3) is 2.56. The highest BCUT2D eigenvalue weighted by molar-refractivity contribution is 6.08. The molecule has 1 aromatic rings. The molecule has 29 heavy (non-hydrogen) atoms. The van der Waals surface area contributed by atoms with Crippen molar-refractivity contribution in [3.8, 4) is 0 Å². The maximum Gasteiger partial charge on any atom is 0.290 e. The first kappa shape index (κ1) is 18.3. The number of amides is 1. The van der Waals surface area contributed by atoms with Gasteiger partial charge in [-0.25, -0.2) is 0 Å². The Morgan fingerprint density at radius 2 is 1.69 bits per heavy atom. The summed E-state index contributed by atoms with van der Waals surface area (Å²) in [5.74, 6) is 0.111. The topological polar surface area (TPSA) is 101 Å². The predicted molar refractivity (Wildman–Crippen MR) is 104 cm³/mol. The summed E-state index contributed by atoms with van der Waals surface area (Å²) in [7, 11) is 0. The Balaban J connectivity index is 1.68. The second kappa shape index (κ2) is 6.15. The van der Waals surface area contributed by atoms with Crippen LogP contribution in [0.2, 0.25) is 0 Å². The van der Waals surface area contributed by atoms with Crippen LogP contribution in [0.15, 0.2) is 35.6 Å². The Bertz CT molecular complexity index is 930. The Labute approximate surface area is 168 Å². The van der Waals surface area contributed by atoms with E-state index in [1.807, 2.05) is 0 Å². The molecule has 0 radical (unpaired) electrons. The molecule has 7 heteroatoms. The molecule has 0 aromatic heterocycles. The van der Waals surface area contributed by atoms with Crippen molar-refractivity contribution in [3.63, 3.8) is 0 Å². The maximum absolute atomic E-state index is 13.3. The number of aliphatic hydroxyl groups excluding tert-OH is 1. The summed E-state index contributed by atoms with van der Waals surface area (Å²) in [5, 5.41) is 22.4. The molecule has 7 nitrogen and oxygen atoms in total. The van der Waals surface area contributed by atoms with Crippen LogP contribution in [0.4, 0.5) is 5.69 Å². The minimum atomic E-state index is -0.905. The van der Waals surface area contributed by atoms with Gasteiger partial charge in [-0.2, -0.15) is 0 Å². The number of nitro groups is 1. The number of para-hydroxylation sites is 1. The largest absolute Gasteiger partial charge is 0.503 e. The van der Waals surface area contributed by atoms with Gasteiger partial charge in [-0.3, -0.25) is 19.7 Å². The normalized spacial score (nSPS) is 35.5. The monoisotopic (exact) mass is 396 g/mol. The molecule has 1 atom stereocenters. The van der Waals surface area contributed by atoms with E-state index in [4.69, 9.17) is 0 Å². The quantitative estimate of drug-likeness (QED) is 0.615. The van der Waals surface area contributed by atoms with Gasteiger partial charge in [0.25, 0.3) is 11.6 Å². The fourth-order valence-electron chi connectivity index (χ4n) is 6.99. The maximum atomic E-state index is 13.3. The number of nitro benzene ring substituents is 1. The first-order valence-corrected chi connectivity index (χ1v) is 10.3. The van der Waals surface area contributed by atoms with E-state index >= 15 is 0 Å². The van der Waals surface area contributed by atoms with Gasteiger partial charge in [0.2, 0.25) is 0 Å². The van der Waals surface area contributed by atoms with Crippen LogP contribution in [-0.4, -0.2) is 32.2 Å². The predicted octanol–water partition coefficient (Wildman–Crippen LogP) is 3.85. The number of carbonyl (C=O) groups is 2. The molecule has 4 bridgehead atoms. The summed E-state index contributed by atoms with van der Waals surface area (Å²) >= 11 is 0. The average Bonchev–Trinajstić information content (AvgIpc) is 2.92. The number of rotatable bonds is 4. The van der Waals surface area contributed by atoms with Crippen LogP contribution in [0, 0.1) is 27.9 Å². The van der Waals surface area contributed by atoms with Gasteiger partial charge in [0.1, 0.15) is 0 Å². The van der Waals surface area contributed by atoms with E-state index in [2.05, 4.69) is 0 Å². The smallest absolute Gasteiger partial charge is 0.290 e. The SMILES string of the molecule is CC(=O)C1=C(O)C(=O)N(C23CC4CC(CC(C4)C2)C3)[C@H]1c1ccccc1[N+](=O)[O-]. The molecule has 5 aliphatic rings. The van der Waals surface area contributed by atoms with Crippen LogP contribution in [0.3, 0.4) is 0 Å². The van der Waals surface area contributed by atoms with Crippen molar-refractivity contribution in [2.45, 2.75) is 57.0 Å². The lowest BCUT2D eigenvalue weighted by Crippen LogP contribution is -2.61. The van der Waals surface area contributed by atoms with Crippen molar-refractivity contribution in [1.29, 1.82) is 0 Å². The Hall–Kier alpha value is -2.70. The van der Waals surface area contributed by atoms with Crippen molar-refractivity contribution in [1.82, 2.24) is 4.90 Å². The zero-order chi connectivity index (χ0) is 20.5. The molecule has 0 spiro atoms. The summed E-state index contributed by atoms with van der Waals surface area (Å²) in [4.78, 5) is 38.7. The molecule has 0 saturated heterocycles. The molecule has 152 valence electrons. The molecule has 4 fully saturated rings. The van der Waals surface area contributed by atoms with E-state index < -0.39 is 34.0 Å². The molecule has 1 aromatic carbocycles. The fraction of sp³-hybridized carbons (Fsp3) is 0.545. The number of Topliss-reactive ketones (excluding diaryl/α,β-unsaturated/α-hetero) is 1. The Morgan fingerprint density at radius 1 is 1.14 bits per heavy atom. The number of benzene rings is 1. The molecular weight excluding hydrogens is 372 g/mol. The summed E-state index contributed by atoms with van der Waals surface area (Å²) in [5.41, 5.74) is -0.282. The van der Waals surface area contributed by atoms with Gasteiger partial charge in [0, 0.05) is 11.6 Å². The van der Waals surface area contributed by atoms with Crippen LogP contribution in [-0.2, 0) is 9.59 Å². The van der Waals surface area contributed by atoms with Crippen molar-refractivity contribution in [2.75, 3.05) is 0 Å². The van der Waals surface area contributed by atoms with Crippen molar-refractivity contribution in [2.24, 2.45) is 17.8 Å². The van der Waals surface area contributed by atoms with Gasteiger partial charge in [0.15, 0.2) is 11.5 Å². The van der Waals surface area contributed by atoms with Gasteiger partial charge < -0.3 is 10.0 Å². The number of hydrogen-bond acceptors (Lipinski definition) is 5. The van der Waals surface area contributed by atoms with Gasteiger partial charge in [-0.05, 0) is 69.3 Å². The van der Waals surface area contributed by atoms with E-state index in [0.29, 0.717) is 23.3 Å². The minimum absolute atomic E-state index is 0.0138. The molecule has 4 aliphatic carbocycles. The second-order valence-electron chi connectivity index (χ2n) is 9.35. The van der Waals surface area contributed by atoms with Crippen LogP contribution in [0.25, 0.3) is 0 Å². The van der Waals surface area contributed by atoms with E-state index in [-0.39, 0.29) is 11.3 Å². The Morgan fingerprint density at radius 3 is 2.21 bits per heavy atom. The number of aliphatic hydroxyl groups is 1. The van der Waals surface area contributed by atoms with Gasteiger partial charge in [0.05, 0.1) is 22.1 Å². The van der Waals surface area contributed by atoms with Crippen molar-refractivity contribution in [3.05, 3.63) is 51.3 Å². The van der Waals surface area contributed by atoms with E-state index in [1.54, 1.807) is 23.1 Å². The van der Waals surface area contributed by atoms with Crippen LogP contribution < -0.4 is 0 Å². The number of carbonyl (C=O) groups excluding carboxylic acids is 2. The first-order valence-electron chi connectivity index (χ1n) is 10.3. The molecule has 4 saturated carbocycles. The van der Waals surface area contributed by atoms with Crippen molar-refractivity contribution < 1.29 is 19.6 Å². The number of hydrogen-bond donors (Lipinski definition) is 1. The van der Waals surface area contributed by atoms with Crippen LogP contribution >= 0.6 is 0 Å². The molecule has 1 aliphatic heterocycles. The molecule has 1 heterocycles. The second-order valence-corrected chi connectivity index (χ2v) is 9.35. The lowest BCUT2D eigenvalue weighted by atomic mass is 9.52. The minimum Gasteiger partial charge on any atom is -0.503 e. The first-order chi connectivity index (χ1) is 13.8. The van der Waals surface area contributed by atoms with Gasteiger partial charge >= 0.3 is 0 Å². The highest BCUT2D eigenvalue weighted by Crippen LogP contribution is 2.61. The van der Waals surface area contributed by atoms with Crippen LogP contribution in [0.1, 0.15) is 57.1 Å². The van der Waals surface area contributed by atoms with Gasteiger partial charge in [-0.15, -0.1) is 0 Å². The van der Waals surface area contributed by atoms with Crippen molar-refractivity contribution >= 4 is 17.4 Å². The molecular formula is C22H24N2O5. The fourth-order valence-corrected chi connectivity index (χ4v) is 6.99. The third-order valence-corrected chi connectivity index (χ3v) is 7.53. The van der Waals surface area contributed by atoms with Crippen LogP contribution in [0.5, 0.6) is 0 Å². The standard InChI is InChI=1S/C22H24N2O5/c1-12(25)18-19(16-4-2-3-5-17(16)24(28)29)23(21(27)20(18)26)22-9-13-6-14(10-22)8-15(7-13)11-22/h2-5,13-15,19,26H,6-11H2,1H3/t13?,14?,15?,19-,22?/m0/s1. The highest BCUT2D eigenvalue weighted by Gasteiger charge is 2.60. The summed E-state index contributed by atoms with van der Waals surface area (Å²) in [6.45, 7) is 1.31. The molecule has 1 N–H and O–H groups in total. The zero-order valence-electron chi connectivity index (χ0n) is 16.3. The summed E-state index contributed by atoms with van der Waals surface area (Å²) < 4.78 is 0. The lowest BCUT2D eigenvalue weighted by molar-refractivity contribution is -0.385. The van der Waals surface area contributed by atoms with E-state index in [0.717, 1.165) is 19.3 Å². The lowest BCUT2D eigenvalue weighted by Gasteiger charge is -2.60.